The second-order valence-electron chi connectivity index (χ2n) is 10.7. The van der Waals surface area contributed by atoms with Crippen LogP contribution in [0.15, 0.2) is 98.1 Å². The first-order chi connectivity index (χ1) is 21.6. The fraction of sp³-hybridized carbons (Fsp3) is 0.368. The van der Waals surface area contributed by atoms with Crippen LogP contribution >= 0.6 is 0 Å². The minimum atomic E-state index is -0.360. The standard InChI is InChI=1S/C38H46O6/c1-3-37(39)43-27-11-7-5-9-25-41-35-21-17-33(18-22-35)29-31-13-15-32(16-14-31)30-34-19-23-36(24-20-34)42-26-10-6-8-12-28-44-38(40)4-2/h3-4,13-24H,1-2,5-12,25-30H2. The number of hydrogen-bond acceptors (Lipinski definition) is 6. The molecular weight excluding hydrogens is 552 g/mol. The molecule has 6 heteroatoms. The lowest BCUT2D eigenvalue weighted by atomic mass is 10.0. The zero-order chi connectivity index (χ0) is 31.2. The van der Waals surface area contributed by atoms with Gasteiger partial charge in [0.2, 0.25) is 0 Å². The van der Waals surface area contributed by atoms with E-state index in [-0.39, 0.29) is 11.9 Å². The van der Waals surface area contributed by atoms with Crippen molar-refractivity contribution in [1.82, 2.24) is 0 Å². The van der Waals surface area contributed by atoms with Crippen LogP contribution in [0.5, 0.6) is 11.5 Å². The molecule has 0 unspecified atom stereocenters. The maximum Gasteiger partial charge on any atom is 0.330 e. The Kier molecular flexibility index (Phi) is 16.0. The van der Waals surface area contributed by atoms with E-state index in [1.165, 1.54) is 34.4 Å². The molecule has 0 amide bonds. The van der Waals surface area contributed by atoms with Crippen molar-refractivity contribution in [3.05, 3.63) is 120 Å². The van der Waals surface area contributed by atoms with Crippen LogP contribution in [0.3, 0.4) is 0 Å². The summed E-state index contributed by atoms with van der Waals surface area (Å²) in [6.45, 7) is 9.04. The highest BCUT2D eigenvalue weighted by atomic mass is 16.5. The molecule has 3 aromatic carbocycles. The molecule has 0 aliphatic rings. The van der Waals surface area contributed by atoms with Crippen molar-refractivity contribution in [2.75, 3.05) is 26.4 Å². The third kappa shape index (κ3) is 14.2. The van der Waals surface area contributed by atoms with Gasteiger partial charge in [0, 0.05) is 12.2 Å². The first-order valence-corrected chi connectivity index (χ1v) is 15.7. The van der Waals surface area contributed by atoms with Gasteiger partial charge in [-0.1, -0.05) is 61.7 Å². The minimum absolute atomic E-state index is 0.360. The monoisotopic (exact) mass is 598 g/mol. The molecule has 3 aromatic rings. The van der Waals surface area contributed by atoms with Gasteiger partial charge in [0.05, 0.1) is 26.4 Å². The first-order valence-electron chi connectivity index (χ1n) is 15.7. The quantitative estimate of drug-likeness (QED) is 0.0660. The van der Waals surface area contributed by atoms with Crippen molar-refractivity contribution in [3.63, 3.8) is 0 Å². The number of esters is 2. The van der Waals surface area contributed by atoms with Gasteiger partial charge in [-0.2, -0.15) is 0 Å². The Balaban J connectivity index is 1.28. The smallest absolute Gasteiger partial charge is 0.330 e. The number of unbranched alkanes of at least 4 members (excludes halogenated alkanes) is 6. The number of carbonyl (C=O) groups is 2. The van der Waals surface area contributed by atoms with Crippen molar-refractivity contribution in [2.45, 2.75) is 64.2 Å². The topological polar surface area (TPSA) is 71.1 Å². The largest absolute Gasteiger partial charge is 0.494 e. The van der Waals surface area contributed by atoms with E-state index in [1.807, 2.05) is 24.3 Å². The van der Waals surface area contributed by atoms with Crippen LogP contribution in [-0.2, 0) is 31.9 Å². The van der Waals surface area contributed by atoms with E-state index in [1.54, 1.807) is 0 Å². The van der Waals surface area contributed by atoms with Crippen LogP contribution in [0.2, 0.25) is 0 Å². The van der Waals surface area contributed by atoms with Crippen LogP contribution in [0.4, 0.5) is 0 Å². The van der Waals surface area contributed by atoms with Gasteiger partial charge in [0.1, 0.15) is 11.5 Å². The molecule has 3 rings (SSSR count). The van der Waals surface area contributed by atoms with Crippen molar-refractivity contribution >= 4 is 11.9 Å². The summed E-state index contributed by atoms with van der Waals surface area (Å²) in [6.07, 6.45) is 11.9. The Morgan fingerprint density at radius 1 is 0.455 bits per heavy atom. The van der Waals surface area contributed by atoms with Crippen LogP contribution < -0.4 is 9.47 Å². The highest BCUT2D eigenvalue weighted by Gasteiger charge is 2.03. The van der Waals surface area contributed by atoms with E-state index >= 15 is 0 Å². The van der Waals surface area contributed by atoms with Gasteiger partial charge in [-0.3, -0.25) is 0 Å². The second kappa shape index (κ2) is 20.6. The summed E-state index contributed by atoms with van der Waals surface area (Å²) in [6, 6.07) is 25.5. The predicted octanol–water partition coefficient (Wildman–Crippen LogP) is 8.21. The molecule has 0 radical (unpaired) electrons. The van der Waals surface area contributed by atoms with Gasteiger partial charge in [0.15, 0.2) is 0 Å². The number of ether oxygens (including phenoxy) is 4. The number of rotatable bonds is 22. The molecule has 234 valence electrons. The average Bonchev–Trinajstić information content (AvgIpc) is 3.05. The van der Waals surface area contributed by atoms with E-state index in [0.717, 1.165) is 75.7 Å². The number of carbonyl (C=O) groups excluding carboxylic acids is 2. The molecule has 0 spiro atoms. The molecule has 44 heavy (non-hydrogen) atoms. The molecular formula is C38H46O6. The third-order valence-corrected chi connectivity index (χ3v) is 7.12. The van der Waals surface area contributed by atoms with Crippen LogP contribution in [0.25, 0.3) is 0 Å². The van der Waals surface area contributed by atoms with Crippen LogP contribution in [-0.4, -0.2) is 38.4 Å². The van der Waals surface area contributed by atoms with Gasteiger partial charge in [-0.15, -0.1) is 0 Å². The van der Waals surface area contributed by atoms with Gasteiger partial charge in [-0.05, 0) is 111 Å². The Hall–Kier alpha value is -4.32. The summed E-state index contributed by atoms with van der Waals surface area (Å²) >= 11 is 0. The zero-order valence-corrected chi connectivity index (χ0v) is 25.8. The van der Waals surface area contributed by atoms with E-state index in [9.17, 15) is 9.59 Å². The third-order valence-electron chi connectivity index (χ3n) is 7.12. The molecule has 0 bridgehead atoms. The molecule has 0 atom stereocenters. The Morgan fingerprint density at radius 2 is 0.750 bits per heavy atom. The van der Waals surface area contributed by atoms with Gasteiger partial charge >= 0.3 is 11.9 Å². The Labute approximate surface area is 262 Å². The first kappa shape index (κ1) is 34.2. The van der Waals surface area contributed by atoms with Crippen LogP contribution in [0, 0.1) is 0 Å². The van der Waals surface area contributed by atoms with E-state index in [2.05, 4.69) is 61.7 Å². The molecule has 0 aromatic heterocycles. The predicted molar refractivity (Wildman–Crippen MR) is 175 cm³/mol. The Morgan fingerprint density at radius 3 is 1.07 bits per heavy atom. The minimum Gasteiger partial charge on any atom is -0.494 e. The Bertz CT molecular complexity index is 1160. The summed E-state index contributed by atoms with van der Waals surface area (Å²) in [5.41, 5.74) is 5.07. The highest BCUT2D eigenvalue weighted by molar-refractivity contribution is 5.81. The van der Waals surface area contributed by atoms with Crippen molar-refractivity contribution in [2.24, 2.45) is 0 Å². The lowest BCUT2D eigenvalue weighted by molar-refractivity contribution is -0.138. The molecule has 0 heterocycles. The normalized spacial score (nSPS) is 10.5. The van der Waals surface area contributed by atoms with E-state index in [4.69, 9.17) is 18.9 Å². The summed E-state index contributed by atoms with van der Waals surface area (Å²) in [5, 5.41) is 0. The van der Waals surface area contributed by atoms with Crippen LogP contribution in [0.1, 0.15) is 73.6 Å². The van der Waals surface area contributed by atoms with Crippen molar-refractivity contribution < 1.29 is 28.5 Å². The molecule has 0 saturated carbocycles. The zero-order valence-electron chi connectivity index (χ0n) is 25.8. The summed E-state index contributed by atoms with van der Waals surface area (Å²) < 4.78 is 21.7. The van der Waals surface area contributed by atoms with Gasteiger partial charge in [-0.25, -0.2) is 9.59 Å². The maximum atomic E-state index is 11.0. The number of benzene rings is 3. The molecule has 0 aliphatic carbocycles. The second-order valence-corrected chi connectivity index (χ2v) is 10.7. The molecule has 0 N–H and O–H groups in total. The van der Waals surface area contributed by atoms with Gasteiger partial charge < -0.3 is 18.9 Å². The lowest BCUT2D eigenvalue weighted by Gasteiger charge is -2.09. The summed E-state index contributed by atoms with van der Waals surface area (Å²) in [5.74, 6) is 1.06. The van der Waals surface area contributed by atoms with Crippen molar-refractivity contribution in [3.8, 4) is 11.5 Å². The number of hydrogen-bond donors (Lipinski definition) is 0. The van der Waals surface area contributed by atoms with E-state index in [0.29, 0.717) is 26.4 Å². The molecule has 0 aliphatic heterocycles. The summed E-state index contributed by atoms with van der Waals surface area (Å²) in [7, 11) is 0. The fourth-order valence-corrected chi connectivity index (χ4v) is 4.61. The SMILES string of the molecule is C=CC(=O)OCCCCCCOc1ccc(Cc2ccc(Cc3ccc(OCCCCCCOC(=O)C=C)cc3)cc2)cc1. The van der Waals surface area contributed by atoms with E-state index < -0.39 is 0 Å². The molecule has 0 saturated heterocycles. The van der Waals surface area contributed by atoms with Gasteiger partial charge in [0.25, 0.3) is 0 Å². The lowest BCUT2D eigenvalue weighted by Crippen LogP contribution is -2.02. The molecule has 6 nitrogen and oxygen atoms in total. The fourth-order valence-electron chi connectivity index (χ4n) is 4.61. The molecule has 0 fully saturated rings. The highest BCUT2D eigenvalue weighted by Crippen LogP contribution is 2.19. The maximum absolute atomic E-state index is 11.0. The average molecular weight is 599 g/mol. The van der Waals surface area contributed by atoms with Crippen molar-refractivity contribution in [1.29, 1.82) is 0 Å². The summed E-state index contributed by atoms with van der Waals surface area (Å²) in [4.78, 5) is 22.0.